The predicted molar refractivity (Wildman–Crippen MR) is 89.4 cm³/mol. The topological polar surface area (TPSA) is 18.5 Å². The predicted octanol–water partition coefficient (Wildman–Crippen LogP) is 5.40. The Kier molecular flexibility index (Phi) is 8.05. The van der Waals surface area contributed by atoms with Crippen molar-refractivity contribution in [2.45, 2.75) is 45.4 Å². The Morgan fingerprint density at radius 2 is 1.55 bits per heavy atom. The monoisotopic (exact) mass is 342 g/mol. The zero-order valence-corrected chi connectivity index (χ0v) is 14.7. The van der Waals surface area contributed by atoms with Crippen LogP contribution in [0.3, 0.4) is 0 Å². The summed E-state index contributed by atoms with van der Waals surface area (Å²) in [5.41, 5.74) is 1.30. The van der Waals surface area contributed by atoms with Gasteiger partial charge in [0, 0.05) is 11.4 Å². The van der Waals surface area contributed by atoms with E-state index < -0.39 is 0 Å². The van der Waals surface area contributed by atoms with Crippen molar-refractivity contribution in [3.63, 3.8) is 0 Å². The molecule has 0 saturated heterocycles. The smallest absolute Gasteiger partial charge is 0.122 e. The maximum absolute atomic E-state index is 5.36. The molecular weight excluding hydrogens is 316 g/mol. The number of ether oxygens (including phenoxy) is 2. The van der Waals surface area contributed by atoms with Crippen molar-refractivity contribution in [3.8, 4) is 11.5 Å². The molecule has 0 radical (unpaired) electrons. The molecular formula is C17H27BrO2. The lowest BCUT2D eigenvalue weighted by Crippen LogP contribution is -2.07. The quantitative estimate of drug-likeness (QED) is 0.442. The molecule has 0 amide bonds. The standard InChI is InChI=1S/C17H27BrO2/c1-13(8-6-5-7-9-18)14(2)15-10-16(19-3)12-17(11-15)20-4/h10-14H,5-9H2,1-4H3. The van der Waals surface area contributed by atoms with Crippen LogP contribution in [0.5, 0.6) is 11.5 Å². The van der Waals surface area contributed by atoms with Crippen LogP contribution in [-0.4, -0.2) is 19.5 Å². The van der Waals surface area contributed by atoms with Gasteiger partial charge < -0.3 is 9.47 Å². The molecule has 0 aliphatic heterocycles. The van der Waals surface area contributed by atoms with Crippen LogP contribution in [0.25, 0.3) is 0 Å². The minimum Gasteiger partial charge on any atom is -0.497 e. The highest BCUT2D eigenvalue weighted by molar-refractivity contribution is 9.09. The van der Waals surface area contributed by atoms with Crippen LogP contribution in [0.15, 0.2) is 18.2 Å². The molecule has 1 aromatic rings. The van der Waals surface area contributed by atoms with Gasteiger partial charge in [0.15, 0.2) is 0 Å². The molecule has 1 aromatic carbocycles. The maximum atomic E-state index is 5.36. The molecule has 0 saturated carbocycles. The summed E-state index contributed by atoms with van der Waals surface area (Å²) in [6.45, 7) is 4.63. The van der Waals surface area contributed by atoms with Crippen molar-refractivity contribution >= 4 is 15.9 Å². The van der Waals surface area contributed by atoms with E-state index in [4.69, 9.17) is 9.47 Å². The molecule has 2 nitrogen and oxygen atoms in total. The second-order valence-electron chi connectivity index (χ2n) is 5.45. The summed E-state index contributed by atoms with van der Waals surface area (Å²) in [7, 11) is 3.40. The highest BCUT2D eigenvalue weighted by Gasteiger charge is 2.16. The molecule has 2 unspecified atom stereocenters. The zero-order valence-electron chi connectivity index (χ0n) is 13.1. The fourth-order valence-electron chi connectivity index (χ4n) is 2.41. The fraction of sp³-hybridized carbons (Fsp3) is 0.647. The van der Waals surface area contributed by atoms with Crippen LogP contribution >= 0.6 is 15.9 Å². The van der Waals surface area contributed by atoms with E-state index in [0.29, 0.717) is 11.8 Å². The van der Waals surface area contributed by atoms with E-state index in [0.717, 1.165) is 16.8 Å². The molecule has 20 heavy (non-hydrogen) atoms. The molecule has 0 aliphatic carbocycles. The lowest BCUT2D eigenvalue weighted by atomic mass is 9.85. The number of alkyl halides is 1. The van der Waals surface area contributed by atoms with Gasteiger partial charge in [-0.2, -0.15) is 0 Å². The highest BCUT2D eigenvalue weighted by atomic mass is 79.9. The van der Waals surface area contributed by atoms with Crippen molar-refractivity contribution in [1.29, 1.82) is 0 Å². The van der Waals surface area contributed by atoms with Crippen molar-refractivity contribution < 1.29 is 9.47 Å². The molecule has 2 atom stereocenters. The van der Waals surface area contributed by atoms with Gasteiger partial charge in [0.2, 0.25) is 0 Å². The summed E-state index contributed by atoms with van der Waals surface area (Å²) in [6.07, 6.45) is 5.16. The molecule has 1 rings (SSSR count). The van der Waals surface area contributed by atoms with Crippen molar-refractivity contribution in [2.24, 2.45) is 5.92 Å². The number of halogens is 1. The Balaban J connectivity index is 2.67. The van der Waals surface area contributed by atoms with Gasteiger partial charge in [-0.05, 0) is 36.0 Å². The third-order valence-corrected chi connectivity index (χ3v) is 4.61. The van der Waals surface area contributed by atoms with Crippen molar-refractivity contribution in [2.75, 3.05) is 19.5 Å². The number of hydrogen-bond acceptors (Lipinski definition) is 2. The first-order valence-corrected chi connectivity index (χ1v) is 8.53. The molecule has 0 fully saturated rings. The number of rotatable bonds is 9. The largest absolute Gasteiger partial charge is 0.497 e. The minimum atomic E-state index is 0.517. The summed E-state index contributed by atoms with van der Waals surface area (Å²) >= 11 is 3.49. The molecule has 0 heterocycles. The zero-order chi connectivity index (χ0) is 15.0. The molecule has 0 N–H and O–H groups in total. The summed E-state index contributed by atoms with van der Waals surface area (Å²) in [5.74, 6) is 2.93. The van der Waals surface area contributed by atoms with Gasteiger partial charge in [0.25, 0.3) is 0 Å². The van der Waals surface area contributed by atoms with E-state index in [1.54, 1.807) is 14.2 Å². The second kappa shape index (κ2) is 9.28. The van der Waals surface area contributed by atoms with E-state index >= 15 is 0 Å². The summed E-state index contributed by atoms with van der Waals surface area (Å²) in [6, 6.07) is 6.18. The minimum absolute atomic E-state index is 0.517. The highest BCUT2D eigenvalue weighted by Crippen LogP contribution is 2.33. The van der Waals surface area contributed by atoms with Gasteiger partial charge >= 0.3 is 0 Å². The normalized spacial score (nSPS) is 13.8. The van der Waals surface area contributed by atoms with Crippen LogP contribution in [0.1, 0.15) is 51.0 Å². The van der Waals surface area contributed by atoms with E-state index in [2.05, 4.69) is 41.9 Å². The van der Waals surface area contributed by atoms with Gasteiger partial charge in [-0.3, -0.25) is 0 Å². The van der Waals surface area contributed by atoms with Gasteiger partial charge in [0.1, 0.15) is 11.5 Å². The fourth-order valence-corrected chi connectivity index (χ4v) is 2.80. The van der Waals surface area contributed by atoms with Crippen LogP contribution in [-0.2, 0) is 0 Å². The van der Waals surface area contributed by atoms with Crippen LogP contribution in [0, 0.1) is 5.92 Å². The van der Waals surface area contributed by atoms with E-state index in [1.165, 1.54) is 31.2 Å². The second-order valence-corrected chi connectivity index (χ2v) is 6.24. The molecule has 0 aromatic heterocycles. The Labute approximate surface area is 132 Å². The molecule has 0 bridgehead atoms. The molecule has 114 valence electrons. The number of hydrogen-bond donors (Lipinski definition) is 0. The SMILES string of the molecule is COc1cc(OC)cc(C(C)C(C)CCCCCBr)c1. The van der Waals surface area contributed by atoms with Crippen LogP contribution in [0.2, 0.25) is 0 Å². The summed E-state index contributed by atoms with van der Waals surface area (Å²) in [5, 5.41) is 1.12. The average Bonchev–Trinajstić information content (AvgIpc) is 2.49. The van der Waals surface area contributed by atoms with Crippen LogP contribution in [0.4, 0.5) is 0 Å². The van der Waals surface area contributed by atoms with Crippen LogP contribution < -0.4 is 9.47 Å². The lowest BCUT2D eigenvalue weighted by molar-refractivity contribution is 0.388. The Morgan fingerprint density at radius 3 is 2.05 bits per heavy atom. The molecule has 3 heteroatoms. The van der Waals surface area contributed by atoms with E-state index in [1.807, 2.05) is 6.07 Å². The number of benzene rings is 1. The van der Waals surface area contributed by atoms with Gasteiger partial charge in [-0.1, -0.05) is 49.0 Å². The third-order valence-electron chi connectivity index (χ3n) is 4.05. The lowest BCUT2D eigenvalue weighted by Gasteiger charge is -2.21. The maximum Gasteiger partial charge on any atom is 0.122 e. The molecule has 0 spiro atoms. The van der Waals surface area contributed by atoms with E-state index in [9.17, 15) is 0 Å². The van der Waals surface area contributed by atoms with Gasteiger partial charge in [0.05, 0.1) is 14.2 Å². The average molecular weight is 343 g/mol. The third kappa shape index (κ3) is 5.35. The Bertz CT molecular complexity index is 370. The molecule has 0 aliphatic rings. The Morgan fingerprint density at radius 1 is 0.950 bits per heavy atom. The van der Waals surface area contributed by atoms with Gasteiger partial charge in [-0.25, -0.2) is 0 Å². The van der Waals surface area contributed by atoms with E-state index in [-0.39, 0.29) is 0 Å². The van der Waals surface area contributed by atoms with Crippen molar-refractivity contribution in [1.82, 2.24) is 0 Å². The first-order valence-electron chi connectivity index (χ1n) is 7.41. The van der Waals surface area contributed by atoms with Gasteiger partial charge in [-0.15, -0.1) is 0 Å². The number of methoxy groups -OCH3 is 2. The first-order chi connectivity index (χ1) is 9.62. The summed E-state index contributed by atoms with van der Waals surface area (Å²) < 4.78 is 10.7. The number of unbranched alkanes of at least 4 members (excludes halogenated alkanes) is 2. The first kappa shape index (κ1) is 17.4. The Hall–Kier alpha value is -0.700. The van der Waals surface area contributed by atoms with Crippen molar-refractivity contribution in [3.05, 3.63) is 23.8 Å². The summed E-state index contributed by atoms with van der Waals surface area (Å²) in [4.78, 5) is 0.